The number of rotatable bonds is 5. The molecule has 0 aliphatic rings. The Hall–Kier alpha value is -6.44. The van der Waals surface area contributed by atoms with Crippen molar-refractivity contribution in [3.8, 4) is 61.4 Å². The maximum Gasteiger partial charge on any atom is 0.131 e. The van der Waals surface area contributed by atoms with Crippen LogP contribution in [0.1, 0.15) is 5.56 Å². The average molecular weight is 639 g/mol. The SMILES string of the molecule is Cc1ccc(-c2ccc3c4ccccc4c4ccccc4c3c2)cc1-c1cccc(-c2cccc(-c3ccc(-c4ccccc4)cc3)c2)c1O. The average Bonchev–Trinajstić information content (AvgIpc) is 3.19. The van der Waals surface area contributed by atoms with Crippen LogP contribution in [0.25, 0.3) is 88.0 Å². The molecule has 0 heterocycles. The molecule has 0 saturated carbocycles. The molecule has 0 bridgehead atoms. The fraction of sp³-hybridized carbons (Fsp3) is 0.0204. The van der Waals surface area contributed by atoms with E-state index in [1.807, 2.05) is 24.3 Å². The fourth-order valence-corrected chi connectivity index (χ4v) is 7.52. The Labute approximate surface area is 292 Å². The Balaban J connectivity index is 1.10. The van der Waals surface area contributed by atoms with E-state index in [0.29, 0.717) is 5.75 Å². The summed E-state index contributed by atoms with van der Waals surface area (Å²) in [6, 6.07) is 64.4. The number of phenols is 1. The van der Waals surface area contributed by atoms with Crippen LogP contribution in [0.4, 0.5) is 0 Å². The fourth-order valence-electron chi connectivity index (χ4n) is 7.52. The van der Waals surface area contributed by atoms with E-state index in [0.717, 1.165) is 50.1 Å². The highest BCUT2D eigenvalue weighted by atomic mass is 16.3. The number of phenolic OH excluding ortho intramolecular Hbond substituents is 1. The van der Waals surface area contributed by atoms with Crippen molar-refractivity contribution in [3.05, 3.63) is 188 Å². The van der Waals surface area contributed by atoms with Crippen molar-refractivity contribution in [1.82, 2.24) is 0 Å². The topological polar surface area (TPSA) is 20.2 Å². The van der Waals surface area contributed by atoms with Crippen molar-refractivity contribution < 1.29 is 5.11 Å². The van der Waals surface area contributed by atoms with Crippen LogP contribution in [0.3, 0.4) is 0 Å². The second-order valence-corrected chi connectivity index (χ2v) is 13.1. The lowest BCUT2D eigenvalue weighted by Crippen LogP contribution is -1.90. The van der Waals surface area contributed by atoms with Gasteiger partial charge in [0.05, 0.1) is 0 Å². The van der Waals surface area contributed by atoms with Gasteiger partial charge in [-0.25, -0.2) is 0 Å². The van der Waals surface area contributed by atoms with E-state index in [2.05, 4.69) is 165 Å². The maximum atomic E-state index is 11.9. The lowest BCUT2D eigenvalue weighted by molar-refractivity contribution is 0.479. The molecule has 0 radical (unpaired) electrons. The van der Waals surface area contributed by atoms with Crippen molar-refractivity contribution >= 4 is 32.3 Å². The van der Waals surface area contributed by atoms with Crippen molar-refractivity contribution in [2.24, 2.45) is 0 Å². The Morgan fingerprint density at radius 2 is 0.720 bits per heavy atom. The highest BCUT2D eigenvalue weighted by Crippen LogP contribution is 2.42. The molecule has 1 nitrogen and oxygen atoms in total. The highest BCUT2D eigenvalue weighted by Gasteiger charge is 2.15. The van der Waals surface area contributed by atoms with Gasteiger partial charge in [0.15, 0.2) is 0 Å². The first-order chi connectivity index (χ1) is 24.6. The summed E-state index contributed by atoms with van der Waals surface area (Å²) in [5, 5.41) is 19.5. The standard InChI is InChI=1S/C49H34O/c1-32-21-22-37(38-27-28-45-43-17-6-5-15-41(43)42-16-7-8-18-44(42)48(45)31-38)30-47(32)46-20-10-19-40(49(46)50)39-14-9-13-36(29-39)35-25-23-34(24-26-35)33-11-3-2-4-12-33/h2-31,50H,1H3. The van der Waals surface area contributed by atoms with E-state index in [9.17, 15) is 5.11 Å². The minimum atomic E-state index is 0.292. The van der Waals surface area contributed by atoms with Gasteiger partial charge in [0, 0.05) is 11.1 Å². The van der Waals surface area contributed by atoms with Gasteiger partial charge in [0.2, 0.25) is 0 Å². The van der Waals surface area contributed by atoms with Crippen LogP contribution in [0.5, 0.6) is 5.75 Å². The van der Waals surface area contributed by atoms with Crippen molar-refractivity contribution in [2.45, 2.75) is 6.92 Å². The van der Waals surface area contributed by atoms with Crippen LogP contribution in [0.2, 0.25) is 0 Å². The van der Waals surface area contributed by atoms with E-state index in [1.54, 1.807) is 0 Å². The number of hydrogen-bond acceptors (Lipinski definition) is 1. The van der Waals surface area contributed by atoms with Gasteiger partial charge in [-0.3, -0.25) is 0 Å². The van der Waals surface area contributed by atoms with Gasteiger partial charge in [0.25, 0.3) is 0 Å². The summed E-state index contributed by atoms with van der Waals surface area (Å²) >= 11 is 0. The molecule has 9 aromatic rings. The molecule has 0 unspecified atom stereocenters. The quantitative estimate of drug-likeness (QED) is 0.186. The van der Waals surface area contributed by atoms with E-state index in [1.165, 1.54) is 43.4 Å². The van der Waals surface area contributed by atoms with E-state index < -0.39 is 0 Å². The number of para-hydroxylation sites is 1. The number of benzene rings is 9. The third kappa shape index (κ3) is 5.12. The molecule has 0 aromatic heterocycles. The van der Waals surface area contributed by atoms with E-state index in [4.69, 9.17) is 0 Å². The number of aryl methyl sites for hydroxylation is 1. The third-order valence-electron chi connectivity index (χ3n) is 10.1. The summed E-state index contributed by atoms with van der Waals surface area (Å²) in [5.74, 6) is 0.292. The summed E-state index contributed by atoms with van der Waals surface area (Å²) in [6.07, 6.45) is 0. The molecular formula is C49H34O. The third-order valence-corrected chi connectivity index (χ3v) is 10.1. The molecular weight excluding hydrogens is 605 g/mol. The number of fused-ring (bicyclic) bond motifs is 6. The lowest BCUT2D eigenvalue weighted by atomic mass is 9.89. The molecule has 0 aliphatic carbocycles. The van der Waals surface area contributed by atoms with Gasteiger partial charge in [-0.1, -0.05) is 164 Å². The van der Waals surface area contributed by atoms with Crippen LogP contribution in [-0.4, -0.2) is 5.11 Å². The van der Waals surface area contributed by atoms with Gasteiger partial charge in [0.1, 0.15) is 5.75 Å². The number of aromatic hydroxyl groups is 1. The molecule has 236 valence electrons. The predicted molar refractivity (Wildman–Crippen MR) is 213 cm³/mol. The normalized spacial score (nSPS) is 11.4. The first-order valence-electron chi connectivity index (χ1n) is 17.2. The Morgan fingerprint density at radius 3 is 1.42 bits per heavy atom. The molecule has 1 heteroatoms. The van der Waals surface area contributed by atoms with Gasteiger partial charge in [-0.05, 0) is 108 Å². The molecule has 0 amide bonds. The van der Waals surface area contributed by atoms with Gasteiger partial charge >= 0.3 is 0 Å². The van der Waals surface area contributed by atoms with Crippen LogP contribution in [-0.2, 0) is 0 Å². The molecule has 0 spiro atoms. The summed E-state index contributed by atoms with van der Waals surface area (Å²) in [5.41, 5.74) is 11.7. The minimum absolute atomic E-state index is 0.292. The van der Waals surface area contributed by atoms with Crippen molar-refractivity contribution in [3.63, 3.8) is 0 Å². The first-order valence-corrected chi connectivity index (χ1v) is 17.2. The monoisotopic (exact) mass is 638 g/mol. The molecule has 0 aliphatic heterocycles. The zero-order valence-corrected chi connectivity index (χ0v) is 27.8. The van der Waals surface area contributed by atoms with Crippen LogP contribution in [0, 0.1) is 6.92 Å². The van der Waals surface area contributed by atoms with Gasteiger partial charge < -0.3 is 5.11 Å². The summed E-state index contributed by atoms with van der Waals surface area (Å²) in [7, 11) is 0. The Kier molecular flexibility index (Phi) is 7.25. The molecule has 50 heavy (non-hydrogen) atoms. The van der Waals surface area contributed by atoms with Gasteiger partial charge in [-0.2, -0.15) is 0 Å². The second-order valence-electron chi connectivity index (χ2n) is 13.1. The summed E-state index contributed by atoms with van der Waals surface area (Å²) < 4.78 is 0. The molecule has 0 fully saturated rings. The molecule has 1 N–H and O–H groups in total. The second kappa shape index (κ2) is 12.2. The van der Waals surface area contributed by atoms with Crippen LogP contribution < -0.4 is 0 Å². The number of hydrogen-bond donors (Lipinski definition) is 1. The largest absolute Gasteiger partial charge is 0.507 e. The van der Waals surface area contributed by atoms with Crippen molar-refractivity contribution in [1.29, 1.82) is 0 Å². The van der Waals surface area contributed by atoms with E-state index in [-0.39, 0.29) is 0 Å². The first kappa shape index (κ1) is 29.7. The van der Waals surface area contributed by atoms with Crippen molar-refractivity contribution in [2.75, 3.05) is 0 Å². The van der Waals surface area contributed by atoms with Gasteiger partial charge in [-0.15, -0.1) is 0 Å². The smallest absolute Gasteiger partial charge is 0.131 e. The van der Waals surface area contributed by atoms with Crippen LogP contribution >= 0.6 is 0 Å². The predicted octanol–water partition coefficient (Wildman–Crippen LogP) is 13.5. The zero-order chi connectivity index (χ0) is 33.6. The Morgan fingerprint density at radius 1 is 0.280 bits per heavy atom. The molecule has 0 atom stereocenters. The molecule has 9 rings (SSSR count). The van der Waals surface area contributed by atoms with E-state index >= 15 is 0 Å². The lowest BCUT2D eigenvalue weighted by Gasteiger charge is -2.15. The molecule has 9 aromatic carbocycles. The Bertz CT molecular complexity index is 2670. The minimum Gasteiger partial charge on any atom is -0.507 e. The molecule has 0 saturated heterocycles. The maximum absolute atomic E-state index is 11.9. The highest BCUT2D eigenvalue weighted by molar-refractivity contribution is 6.25. The van der Waals surface area contributed by atoms with Crippen LogP contribution in [0.15, 0.2) is 182 Å². The summed E-state index contributed by atoms with van der Waals surface area (Å²) in [4.78, 5) is 0. The summed E-state index contributed by atoms with van der Waals surface area (Å²) in [6.45, 7) is 2.12. The zero-order valence-electron chi connectivity index (χ0n) is 27.8.